The summed E-state index contributed by atoms with van der Waals surface area (Å²) < 4.78 is 0. The number of pyridine rings is 1. The molecule has 1 saturated heterocycles. The number of nitrogens with zero attached hydrogens (tertiary/aromatic N) is 2. The number of hydrogen-bond acceptors (Lipinski definition) is 3. The van der Waals surface area contributed by atoms with Gasteiger partial charge in [-0.15, -0.1) is 0 Å². The molecule has 104 valence electrons. The third kappa shape index (κ3) is 2.51. The predicted molar refractivity (Wildman–Crippen MR) is 77.2 cm³/mol. The van der Waals surface area contributed by atoms with Crippen LogP contribution >= 0.6 is 0 Å². The van der Waals surface area contributed by atoms with E-state index >= 15 is 0 Å². The fourth-order valence-corrected chi connectivity index (χ4v) is 2.83. The summed E-state index contributed by atoms with van der Waals surface area (Å²) >= 11 is 0. The molecule has 2 aromatic rings. The highest BCUT2D eigenvalue weighted by Crippen LogP contribution is 2.20. The lowest BCUT2D eigenvalue weighted by molar-refractivity contribution is -0.127. The first-order valence-electron chi connectivity index (χ1n) is 6.98. The van der Waals surface area contributed by atoms with Crippen molar-refractivity contribution < 1.29 is 9.90 Å². The maximum atomic E-state index is 11.8. The van der Waals surface area contributed by atoms with Crippen LogP contribution in [-0.2, 0) is 11.2 Å². The van der Waals surface area contributed by atoms with Crippen LogP contribution in [0.2, 0.25) is 0 Å². The maximum absolute atomic E-state index is 11.8. The summed E-state index contributed by atoms with van der Waals surface area (Å²) in [5.74, 6) is 0.255. The highest BCUT2D eigenvalue weighted by molar-refractivity contribution is 5.84. The van der Waals surface area contributed by atoms with Crippen molar-refractivity contribution in [2.45, 2.75) is 12.8 Å². The first-order valence-corrected chi connectivity index (χ1v) is 6.98. The Hall–Kier alpha value is -1.94. The van der Waals surface area contributed by atoms with Crippen molar-refractivity contribution in [3.63, 3.8) is 0 Å². The van der Waals surface area contributed by atoms with E-state index in [4.69, 9.17) is 5.11 Å². The molecule has 1 aliphatic heterocycles. The van der Waals surface area contributed by atoms with E-state index in [9.17, 15) is 4.79 Å². The molecule has 1 aromatic carbocycles. The Morgan fingerprint density at radius 1 is 1.30 bits per heavy atom. The van der Waals surface area contributed by atoms with Crippen molar-refractivity contribution in [2.24, 2.45) is 5.92 Å². The number of aliphatic hydroxyl groups is 1. The molecule has 4 heteroatoms. The highest BCUT2D eigenvalue weighted by Gasteiger charge is 2.28. The molecular weight excluding hydrogens is 252 g/mol. The minimum Gasteiger partial charge on any atom is -0.396 e. The summed E-state index contributed by atoms with van der Waals surface area (Å²) in [5.41, 5.74) is 1.17. The predicted octanol–water partition coefficient (Wildman–Crippen LogP) is 1.62. The molecule has 3 rings (SSSR count). The number of rotatable bonds is 4. The van der Waals surface area contributed by atoms with Gasteiger partial charge in [-0.2, -0.15) is 0 Å². The van der Waals surface area contributed by atoms with Gasteiger partial charge in [-0.05, 0) is 17.4 Å². The summed E-state index contributed by atoms with van der Waals surface area (Å²) in [7, 11) is 0. The van der Waals surface area contributed by atoms with Gasteiger partial charge in [0.2, 0.25) is 5.91 Å². The Morgan fingerprint density at radius 2 is 2.15 bits per heavy atom. The number of likely N-dealkylation sites (tertiary alicyclic amines) is 1. The van der Waals surface area contributed by atoms with Crippen LogP contribution in [0.1, 0.15) is 12.0 Å². The zero-order valence-electron chi connectivity index (χ0n) is 11.3. The van der Waals surface area contributed by atoms with Crippen LogP contribution in [0.4, 0.5) is 0 Å². The van der Waals surface area contributed by atoms with Crippen LogP contribution in [0.5, 0.6) is 0 Å². The van der Waals surface area contributed by atoms with E-state index in [1.807, 2.05) is 29.4 Å². The van der Waals surface area contributed by atoms with Crippen molar-refractivity contribution >= 4 is 16.7 Å². The second kappa shape index (κ2) is 5.59. The van der Waals surface area contributed by atoms with E-state index in [0.29, 0.717) is 19.5 Å². The average Bonchev–Trinajstić information content (AvgIpc) is 2.85. The van der Waals surface area contributed by atoms with Gasteiger partial charge in [-0.3, -0.25) is 9.78 Å². The minimum atomic E-state index is 0.0953. The van der Waals surface area contributed by atoms with Gasteiger partial charge in [0, 0.05) is 49.8 Å². The summed E-state index contributed by atoms with van der Waals surface area (Å²) in [5, 5.41) is 11.5. The Morgan fingerprint density at radius 3 is 2.95 bits per heavy atom. The van der Waals surface area contributed by atoms with Gasteiger partial charge in [-0.1, -0.05) is 24.3 Å². The molecule has 1 unspecified atom stereocenters. The van der Waals surface area contributed by atoms with Gasteiger partial charge in [0.25, 0.3) is 0 Å². The normalized spacial score (nSPS) is 18.9. The van der Waals surface area contributed by atoms with Crippen LogP contribution in [-0.4, -0.2) is 40.6 Å². The maximum Gasteiger partial charge on any atom is 0.223 e. The summed E-state index contributed by atoms with van der Waals surface area (Å²) in [6.45, 7) is 1.47. The number of hydrogen-bond donors (Lipinski definition) is 1. The molecule has 1 aliphatic rings. The molecular formula is C16H18N2O2. The summed E-state index contributed by atoms with van der Waals surface area (Å²) in [4.78, 5) is 17.9. The number of amides is 1. The highest BCUT2D eigenvalue weighted by atomic mass is 16.3. The minimum absolute atomic E-state index is 0.0953. The molecule has 2 heterocycles. The lowest BCUT2D eigenvalue weighted by atomic mass is 10.1. The van der Waals surface area contributed by atoms with Gasteiger partial charge < -0.3 is 10.0 Å². The Bertz CT molecular complexity index is 621. The van der Waals surface area contributed by atoms with E-state index in [2.05, 4.69) is 17.1 Å². The Kier molecular flexibility index (Phi) is 3.65. The standard InChI is InChI=1S/C16H18N2O2/c19-11-12-7-16(20)18(10-12)6-5-14-9-17-8-13-3-1-2-4-15(13)14/h1-4,8-9,12,19H,5-7,10-11H2. The number of aliphatic hydroxyl groups excluding tert-OH is 1. The van der Waals surface area contributed by atoms with Crippen LogP contribution in [0.25, 0.3) is 10.8 Å². The number of fused-ring (bicyclic) bond motifs is 1. The van der Waals surface area contributed by atoms with Gasteiger partial charge in [0.1, 0.15) is 0 Å². The molecule has 1 aromatic heterocycles. The Labute approximate surface area is 118 Å². The van der Waals surface area contributed by atoms with Crippen molar-refractivity contribution in [1.82, 2.24) is 9.88 Å². The second-order valence-electron chi connectivity index (χ2n) is 5.36. The fourth-order valence-electron chi connectivity index (χ4n) is 2.83. The topological polar surface area (TPSA) is 53.4 Å². The van der Waals surface area contributed by atoms with Crippen LogP contribution < -0.4 is 0 Å². The molecule has 1 fully saturated rings. The molecule has 0 bridgehead atoms. The van der Waals surface area contributed by atoms with E-state index < -0.39 is 0 Å². The van der Waals surface area contributed by atoms with E-state index in [1.54, 1.807) is 0 Å². The monoisotopic (exact) mass is 270 g/mol. The van der Waals surface area contributed by atoms with Gasteiger partial charge >= 0.3 is 0 Å². The molecule has 0 spiro atoms. The van der Waals surface area contributed by atoms with Crippen LogP contribution in [0, 0.1) is 5.92 Å². The number of benzene rings is 1. The fraction of sp³-hybridized carbons (Fsp3) is 0.375. The lowest BCUT2D eigenvalue weighted by Gasteiger charge is -2.16. The van der Waals surface area contributed by atoms with Gasteiger partial charge in [-0.25, -0.2) is 0 Å². The first-order chi connectivity index (χ1) is 9.78. The lowest BCUT2D eigenvalue weighted by Crippen LogP contribution is -2.28. The SMILES string of the molecule is O=C1CC(CO)CN1CCc1cncc2ccccc12. The van der Waals surface area contributed by atoms with E-state index in [1.165, 1.54) is 10.9 Å². The molecule has 4 nitrogen and oxygen atoms in total. The number of carbonyl (C=O) groups excluding carboxylic acids is 1. The summed E-state index contributed by atoms with van der Waals surface area (Å²) in [6.07, 6.45) is 5.02. The van der Waals surface area contributed by atoms with Gasteiger partial charge in [0.15, 0.2) is 0 Å². The third-order valence-corrected chi connectivity index (χ3v) is 3.95. The second-order valence-corrected chi connectivity index (χ2v) is 5.36. The molecule has 1 amide bonds. The summed E-state index contributed by atoms with van der Waals surface area (Å²) in [6, 6.07) is 8.17. The smallest absolute Gasteiger partial charge is 0.223 e. The van der Waals surface area contributed by atoms with Crippen molar-refractivity contribution in [1.29, 1.82) is 0 Å². The van der Waals surface area contributed by atoms with Crippen LogP contribution in [0.15, 0.2) is 36.7 Å². The molecule has 1 atom stereocenters. The van der Waals surface area contributed by atoms with Gasteiger partial charge in [0.05, 0.1) is 0 Å². The van der Waals surface area contributed by atoms with Crippen molar-refractivity contribution in [3.05, 3.63) is 42.2 Å². The number of aromatic nitrogens is 1. The largest absolute Gasteiger partial charge is 0.396 e. The zero-order valence-corrected chi connectivity index (χ0v) is 11.3. The zero-order chi connectivity index (χ0) is 13.9. The van der Waals surface area contributed by atoms with Crippen molar-refractivity contribution in [2.75, 3.05) is 19.7 Å². The molecule has 1 N–H and O–H groups in total. The third-order valence-electron chi connectivity index (χ3n) is 3.95. The molecule has 0 radical (unpaired) electrons. The molecule has 0 saturated carbocycles. The number of carbonyl (C=O) groups is 1. The average molecular weight is 270 g/mol. The first kappa shape index (κ1) is 13.1. The van der Waals surface area contributed by atoms with Crippen LogP contribution in [0.3, 0.4) is 0 Å². The van der Waals surface area contributed by atoms with E-state index in [0.717, 1.165) is 11.8 Å². The Balaban J connectivity index is 1.73. The van der Waals surface area contributed by atoms with Crippen molar-refractivity contribution in [3.8, 4) is 0 Å². The van der Waals surface area contributed by atoms with E-state index in [-0.39, 0.29) is 18.4 Å². The molecule has 0 aliphatic carbocycles. The quantitative estimate of drug-likeness (QED) is 0.918. The molecule has 20 heavy (non-hydrogen) atoms.